The maximum absolute atomic E-state index is 13.3. The smallest absolute Gasteiger partial charge is 0.292 e. The first-order chi connectivity index (χ1) is 8.78. The maximum atomic E-state index is 13.3. The average molecular weight is 266 g/mol. The Balaban J connectivity index is 2.24. The summed E-state index contributed by atoms with van der Waals surface area (Å²) in [5, 5.41) is 14.1. The predicted octanol–water partition coefficient (Wildman–Crippen LogP) is 3.97. The minimum Gasteiger partial charge on any atom is -0.376 e. The molecule has 1 fully saturated rings. The molecule has 1 aliphatic carbocycles. The lowest BCUT2D eigenvalue weighted by Gasteiger charge is -2.19. The molecule has 0 radical (unpaired) electrons. The summed E-state index contributed by atoms with van der Waals surface area (Å²) < 4.78 is 13.3. The Kier molecular flexibility index (Phi) is 3.47. The molecular formula is C14H19FN2O2. The van der Waals surface area contributed by atoms with E-state index in [-0.39, 0.29) is 22.8 Å². The van der Waals surface area contributed by atoms with E-state index in [9.17, 15) is 14.5 Å². The van der Waals surface area contributed by atoms with Crippen LogP contribution in [0.15, 0.2) is 18.2 Å². The Hall–Kier alpha value is -1.65. The second kappa shape index (κ2) is 4.79. The molecule has 0 aromatic heterocycles. The molecule has 19 heavy (non-hydrogen) atoms. The van der Waals surface area contributed by atoms with Crippen molar-refractivity contribution in [2.45, 2.75) is 39.7 Å². The molecule has 5 heteroatoms. The van der Waals surface area contributed by atoms with E-state index in [0.29, 0.717) is 5.92 Å². The summed E-state index contributed by atoms with van der Waals surface area (Å²) in [6.45, 7) is 6.49. The number of nitrogens with zero attached hydrogens (tertiary/aromatic N) is 1. The SMILES string of the molecule is CC1CC(C)(C)CC1Nc1cc(F)ccc1[N+](=O)[O-]. The van der Waals surface area contributed by atoms with Crippen LogP contribution < -0.4 is 5.32 Å². The van der Waals surface area contributed by atoms with Crippen LogP contribution in [-0.2, 0) is 0 Å². The first-order valence-corrected chi connectivity index (χ1v) is 6.49. The van der Waals surface area contributed by atoms with Crippen LogP contribution in [0.1, 0.15) is 33.6 Å². The molecule has 1 aromatic rings. The van der Waals surface area contributed by atoms with Gasteiger partial charge in [0.2, 0.25) is 0 Å². The van der Waals surface area contributed by atoms with Gasteiger partial charge in [-0.05, 0) is 30.2 Å². The predicted molar refractivity (Wildman–Crippen MR) is 72.6 cm³/mol. The number of anilines is 1. The molecule has 0 aliphatic heterocycles. The third-order valence-corrected chi connectivity index (χ3v) is 3.83. The standard InChI is InChI=1S/C14H19FN2O2/c1-9-7-14(2,3)8-12(9)16-11-6-10(15)4-5-13(11)17(18)19/h4-6,9,12,16H,7-8H2,1-3H3. The van der Waals surface area contributed by atoms with Gasteiger partial charge in [0.25, 0.3) is 5.69 Å². The largest absolute Gasteiger partial charge is 0.376 e. The van der Waals surface area contributed by atoms with Gasteiger partial charge in [0.05, 0.1) is 4.92 Å². The summed E-state index contributed by atoms with van der Waals surface area (Å²) in [6.07, 6.45) is 2.00. The van der Waals surface area contributed by atoms with Crippen molar-refractivity contribution in [3.63, 3.8) is 0 Å². The van der Waals surface area contributed by atoms with Crippen molar-refractivity contribution in [2.75, 3.05) is 5.32 Å². The van der Waals surface area contributed by atoms with Gasteiger partial charge in [-0.3, -0.25) is 10.1 Å². The Labute approximate surface area is 112 Å². The summed E-state index contributed by atoms with van der Waals surface area (Å²) in [5.41, 5.74) is 0.428. The van der Waals surface area contributed by atoms with E-state index < -0.39 is 10.7 Å². The second-order valence-corrected chi connectivity index (χ2v) is 6.22. The lowest BCUT2D eigenvalue weighted by Crippen LogP contribution is -2.23. The number of nitro benzene ring substituents is 1. The number of hydrogen-bond acceptors (Lipinski definition) is 3. The second-order valence-electron chi connectivity index (χ2n) is 6.22. The van der Waals surface area contributed by atoms with Crippen LogP contribution in [0.2, 0.25) is 0 Å². The van der Waals surface area contributed by atoms with Crippen molar-refractivity contribution in [2.24, 2.45) is 11.3 Å². The molecule has 1 aromatic carbocycles. The summed E-state index contributed by atoms with van der Waals surface area (Å²) in [7, 11) is 0. The minimum atomic E-state index is -0.480. The third-order valence-electron chi connectivity index (χ3n) is 3.83. The van der Waals surface area contributed by atoms with Crippen molar-refractivity contribution < 1.29 is 9.31 Å². The fourth-order valence-electron chi connectivity index (χ4n) is 3.07. The van der Waals surface area contributed by atoms with Crippen LogP contribution in [0.3, 0.4) is 0 Å². The Bertz CT molecular complexity index is 502. The van der Waals surface area contributed by atoms with Crippen molar-refractivity contribution in [3.05, 3.63) is 34.1 Å². The quantitative estimate of drug-likeness (QED) is 0.665. The van der Waals surface area contributed by atoms with E-state index in [2.05, 4.69) is 26.1 Å². The number of rotatable bonds is 3. The highest BCUT2D eigenvalue weighted by Crippen LogP contribution is 2.42. The number of benzene rings is 1. The van der Waals surface area contributed by atoms with Gasteiger partial charge in [-0.2, -0.15) is 0 Å². The molecule has 1 saturated carbocycles. The number of nitrogens with one attached hydrogen (secondary N) is 1. The van der Waals surface area contributed by atoms with Crippen LogP contribution in [0.25, 0.3) is 0 Å². The number of nitro groups is 1. The summed E-state index contributed by atoms with van der Waals surface area (Å²) in [6, 6.07) is 3.68. The van der Waals surface area contributed by atoms with Crippen LogP contribution in [0, 0.1) is 27.3 Å². The van der Waals surface area contributed by atoms with Gasteiger partial charge in [0.1, 0.15) is 11.5 Å². The normalized spacial score (nSPS) is 25.3. The molecule has 1 N–H and O–H groups in total. The van der Waals surface area contributed by atoms with Gasteiger partial charge in [-0.15, -0.1) is 0 Å². The summed E-state index contributed by atoms with van der Waals surface area (Å²) >= 11 is 0. The van der Waals surface area contributed by atoms with E-state index in [1.165, 1.54) is 12.1 Å². The fourth-order valence-corrected chi connectivity index (χ4v) is 3.07. The van der Waals surface area contributed by atoms with Crippen molar-refractivity contribution in [3.8, 4) is 0 Å². The van der Waals surface area contributed by atoms with E-state index in [0.717, 1.165) is 18.9 Å². The Morgan fingerprint density at radius 1 is 1.42 bits per heavy atom. The van der Waals surface area contributed by atoms with Crippen molar-refractivity contribution in [1.82, 2.24) is 0 Å². The van der Waals surface area contributed by atoms with E-state index in [1.54, 1.807) is 0 Å². The molecule has 104 valence electrons. The monoisotopic (exact) mass is 266 g/mol. The highest BCUT2D eigenvalue weighted by atomic mass is 19.1. The molecule has 4 nitrogen and oxygen atoms in total. The van der Waals surface area contributed by atoms with Crippen molar-refractivity contribution in [1.29, 1.82) is 0 Å². The zero-order chi connectivity index (χ0) is 14.2. The number of halogens is 1. The zero-order valence-corrected chi connectivity index (χ0v) is 11.4. The van der Waals surface area contributed by atoms with Crippen LogP contribution in [-0.4, -0.2) is 11.0 Å². The van der Waals surface area contributed by atoms with Crippen LogP contribution in [0.4, 0.5) is 15.8 Å². The molecule has 0 heterocycles. The van der Waals surface area contributed by atoms with Gasteiger partial charge in [0.15, 0.2) is 0 Å². The van der Waals surface area contributed by atoms with Gasteiger partial charge in [-0.1, -0.05) is 20.8 Å². The summed E-state index contributed by atoms with van der Waals surface area (Å²) in [5.74, 6) is -0.0455. The van der Waals surface area contributed by atoms with Crippen LogP contribution in [0.5, 0.6) is 0 Å². The average Bonchev–Trinajstić information content (AvgIpc) is 2.51. The molecule has 2 atom stereocenters. The molecule has 1 aliphatic rings. The zero-order valence-electron chi connectivity index (χ0n) is 11.4. The lowest BCUT2D eigenvalue weighted by molar-refractivity contribution is -0.384. The number of hydrogen-bond donors (Lipinski definition) is 1. The Morgan fingerprint density at radius 2 is 2.11 bits per heavy atom. The van der Waals surface area contributed by atoms with Gasteiger partial charge in [-0.25, -0.2) is 4.39 Å². The molecule has 0 amide bonds. The molecule has 0 saturated heterocycles. The maximum Gasteiger partial charge on any atom is 0.292 e. The fraction of sp³-hybridized carbons (Fsp3) is 0.571. The highest BCUT2D eigenvalue weighted by Gasteiger charge is 2.37. The minimum absolute atomic E-state index is 0.0710. The van der Waals surface area contributed by atoms with Crippen molar-refractivity contribution >= 4 is 11.4 Å². The van der Waals surface area contributed by atoms with E-state index >= 15 is 0 Å². The molecule has 0 bridgehead atoms. The van der Waals surface area contributed by atoms with Gasteiger partial charge >= 0.3 is 0 Å². The third kappa shape index (κ3) is 3.03. The van der Waals surface area contributed by atoms with Gasteiger partial charge < -0.3 is 5.32 Å². The first kappa shape index (κ1) is 13.8. The first-order valence-electron chi connectivity index (χ1n) is 6.49. The Morgan fingerprint density at radius 3 is 2.63 bits per heavy atom. The highest BCUT2D eigenvalue weighted by molar-refractivity contribution is 5.62. The topological polar surface area (TPSA) is 55.2 Å². The molecule has 0 spiro atoms. The molecule has 2 rings (SSSR count). The molecule has 2 unspecified atom stereocenters. The molecular weight excluding hydrogens is 247 g/mol. The van der Waals surface area contributed by atoms with Crippen LogP contribution >= 0.6 is 0 Å². The van der Waals surface area contributed by atoms with E-state index in [1.807, 2.05) is 0 Å². The summed E-state index contributed by atoms with van der Waals surface area (Å²) in [4.78, 5) is 10.5. The lowest BCUT2D eigenvalue weighted by atomic mass is 9.91. The van der Waals surface area contributed by atoms with Gasteiger partial charge in [0, 0.05) is 18.2 Å². The van der Waals surface area contributed by atoms with E-state index in [4.69, 9.17) is 0 Å².